The van der Waals surface area contributed by atoms with Crippen molar-refractivity contribution in [3.05, 3.63) is 35.8 Å². The molecule has 3 rings (SSSR count). The first kappa shape index (κ1) is 15.9. The van der Waals surface area contributed by atoms with Gasteiger partial charge in [-0.2, -0.15) is 0 Å². The van der Waals surface area contributed by atoms with Crippen LogP contribution in [0.5, 0.6) is 0 Å². The maximum atomic E-state index is 13.2. The molecule has 1 unspecified atom stereocenters. The van der Waals surface area contributed by atoms with Crippen LogP contribution < -0.4 is 4.72 Å². The summed E-state index contributed by atoms with van der Waals surface area (Å²) in [4.78, 5) is 16.9. The second-order valence-electron chi connectivity index (χ2n) is 5.68. The number of hydrogen-bond acceptors (Lipinski definition) is 3. The van der Waals surface area contributed by atoms with Gasteiger partial charge in [-0.1, -0.05) is 0 Å². The van der Waals surface area contributed by atoms with E-state index >= 15 is 0 Å². The van der Waals surface area contributed by atoms with E-state index < -0.39 is 15.3 Å². The molecule has 0 spiro atoms. The number of nitrogens with one attached hydrogen (secondary N) is 2. The van der Waals surface area contributed by atoms with Crippen molar-refractivity contribution in [2.45, 2.75) is 18.1 Å². The van der Waals surface area contributed by atoms with Gasteiger partial charge in [-0.05, 0) is 37.2 Å². The third-order valence-electron chi connectivity index (χ3n) is 4.29. The zero-order chi connectivity index (χ0) is 16.6. The summed E-state index contributed by atoms with van der Waals surface area (Å²) in [6.45, 7) is 0.639. The average Bonchev–Trinajstić information content (AvgIpc) is 3.15. The third-order valence-corrected chi connectivity index (χ3v) is 6.12. The van der Waals surface area contributed by atoms with E-state index in [2.05, 4.69) is 9.71 Å². The molecule has 1 amide bonds. The van der Waals surface area contributed by atoms with Crippen molar-refractivity contribution in [2.75, 3.05) is 20.1 Å². The van der Waals surface area contributed by atoms with Crippen LogP contribution in [-0.2, 0) is 21.2 Å². The molecular weight excluding hydrogens is 321 g/mol. The SMILES string of the molecule is CNS(=O)(=O)C1CCN(C(=O)Cc2c[nH]c3cc(F)ccc23)C1. The summed E-state index contributed by atoms with van der Waals surface area (Å²) in [6.07, 6.45) is 2.30. The van der Waals surface area contributed by atoms with Crippen LogP contribution in [0.1, 0.15) is 12.0 Å². The predicted octanol–water partition coefficient (Wildman–Crippen LogP) is 1.000. The summed E-state index contributed by atoms with van der Waals surface area (Å²) < 4.78 is 39.1. The van der Waals surface area contributed by atoms with Crippen molar-refractivity contribution in [1.82, 2.24) is 14.6 Å². The molecule has 1 aromatic heterocycles. The molecule has 6 nitrogen and oxygen atoms in total. The third kappa shape index (κ3) is 3.09. The number of halogens is 1. The van der Waals surface area contributed by atoms with Crippen LogP contribution >= 0.6 is 0 Å². The Kier molecular flexibility index (Phi) is 4.11. The second kappa shape index (κ2) is 5.93. The molecule has 1 aromatic carbocycles. The summed E-state index contributed by atoms with van der Waals surface area (Å²) in [6, 6.07) is 4.38. The van der Waals surface area contributed by atoms with Crippen LogP contribution in [-0.4, -0.2) is 49.6 Å². The number of carbonyl (C=O) groups excluding carboxylic acids is 1. The number of rotatable bonds is 4. The van der Waals surface area contributed by atoms with Crippen molar-refractivity contribution in [3.8, 4) is 0 Å². The number of sulfonamides is 1. The maximum Gasteiger partial charge on any atom is 0.227 e. The first-order chi connectivity index (χ1) is 10.9. The highest BCUT2D eigenvalue weighted by atomic mass is 32.2. The largest absolute Gasteiger partial charge is 0.361 e. The number of nitrogens with zero attached hydrogens (tertiary/aromatic N) is 1. The Bertz CT molecular complexity index is 847. The maximum absolute atomic E-state index is 13.2. The van der Waals surface area contributed by atoms with E-state index in [4.69, 9.17) is 0 Å². The standard InChI is InChI=1S/C15H18FN3O3S/c1-17-23(21,22)12-4-5-19(9-12)15(20)6-10-8-18-14-7-11(16)2-3-13(10)14/h2-3,7-8,12,17-18H,4-6,9H2,1H3. The monoisotopic (exact) mass is 339 g/mol. The van der Waals surface area contributed by atoms with Crippen molar-refractivity contribution in [1.29, 1.82) is 0 Å². The minimum absolute atomic E-state index is 0.121. The molecule has 0 bridgehead atoms. The lowest BCUT2D eigenvalue weighted by atomic mass is 10.1. The molecule has 1 saturated heterocycles. The van der Waals surface area contributed by atoms with E-state index in [1.807, 2.05) is 0 Å². The Labute approximate surface area is 133 Å². The number of benzene rings is 1. The van der Waals surface area contributed by atoms with Gasteiger partial charge < -0.3 is 9.88 Å². The summed E-state index contributed by atoms with van der Waals surface area (Å²) in [7, 11) is -1.98. The fourth-order valence-corrected chi connectivity index (χ4v) is 4.08. The van der Waals surface area contributed by atoms with Crippen LogP contribution in [0.4, 0.5) is 4.39 Å². The summed E-state index contributed by atoms with van der Waals surface area (Å²) >= 11 is 0. The zero-order valence-corrected chi connectivity index (χ0v) is 13.5. The number of fused-ring (bicyclic) bond motifs is 1. The van der Waals surface area contributed by atoms with Gasteiger partial charge in [0.1, 0.15) is 5.82 Å². The quantitative estimate of drug-likeness (QED) is 0.872. The number of hydrogen-bond donors (Lipinski definition) is 2. The number of aromatic amines is 1. The van der Waals surface area contributed by atoms with Gasteiger partial charge in [0.15, 0.2) is 0 Å². The van der Waals surface area contributed by atoms with Gasteiger partial charge in [-0.25, -0.2) is 17.5 Å². The predicted molar refractivity (Wildman–Crippen MR) is 84.9 cm³/mol. The van der Waals surface area contributed by atoms with Gasteiger partial charge in [-0.15, -0.1) is 0 Å². The lowest BCUT2D eigenvalue weighted by Gasteiger charge is -2.16. The molecular formula is C15H18FN3O3S. The highest BCUT2D eigenvalue weighted by Crippen LogP contribution is 2.22. The van der Waals surface area contributed by atoms with Crippen molar-refractivity contribution >= 4 is 26.8 Å². The number of carbonyl (C=O) groups is 1. The van der Waals surface area contributed by atoms with Gasteiger partial charge >= 0.3 is 0 Å². The normalized spacial score (nSPS) is 18.7. The molecule has 2 aromatic rings. The molecule has 2 N–H and O–H groups in total. The fourth-order valence-electron chi connectivity index (χ4n) is 2.95. The van der Waals surface area contributed by atoms with Crippen molar-refractivity contribution < 1.29 is 17.6 Å². The Morgan fingerprint density at radius 2 is 2.26 bits per heavy atom. The number of amides is 1. The van der Waals surface area contributed by atoms with Crippen LogP contribution in [0.15, 0.2) is 24.4 Å². The van der Waals surface area contributed by atoms with Crippen LogP contribution in [0.25, 0.3) is 10.9 Å². The average molecular weight is 339 g/mol. The van der Waals surface area contributed by atoms with Crippen LogP contribution in [0, 0.1) is 5.82 Å². The minimum atomic E-state index is -3.36. The minimum Gasteiger partial charge on any atom is -0.361 e. The molecule has 0 aliphatic carbocycles. The lowest BCUT2D eigenvalue weighted by molar-refractivity contribution is -0.129. The molecule has 124 valence electrons. The molecule has 23 heavy (non-hydrogen) atoms. The number of likely N-dealkylation sites (tertiary alicyclic amines) is 1. The second-order valence-corrected chi connectivity index (χ2v) is 7.85. The molecule has 0 saturated carbocycles. The number of aromatic nitrogens is 1. The molecule has 1 atom stereocenters. The van der Waals surface area contributed by atoms with Gasteiger partial charge in [0.25, 0.3) is 0 Å². The van der Waals surface area contributed by atoms with Crippen molar-refractivity contribution in [3.63, 3.8) is 0 Å². The Hall–Kier alpha value is -1.93. The molecule has 1 fully saturated rings. The molecule has 8 heteroatoms. The highest BCUT2D eigenvalue weighted by Gasteiger charge is 2.34. The Balaban J connectivity index is 1.72. The Morgan fingerprint density at radius 3 is 3.00 bits per heavy atom. The first-order valence-electron chi connectivity index (χ1n) is 7.36. The summed E-state index contributed by atoms with van der Waals surface area (Å²) in [5.41, 5.74) is 1.43. The molecule has 1 aliphatic heterocycles. The van der Waals surface area contributed by atoms with Crippen molar-refractivity contribution in [2.24, 2.45) is 0 Å². The molecule has 0 radical (unpaired) electrons. The van der Waals surface area contributed by atoms with Gasteiger partial charge in [0.2, 0.25) is 15.9 Å². The van der Waals surface area contributed by atoms with E-state index in [1.165, 1.54) is 19.2 Å². The summed E-state index contributed by atoms with van der Waals surface area (Å²) in [5.74, 6) is -0.457. The fraction of sp³-hybridized carbons (Fsp3) is 0.400. The highest BCUT2D eigenvalue weighted by molar-refractivity contribution is 7.90. The van der Waals surface area contributed by atoms with E-state index in [1.54, 1.807) is 17.2 Å². The summed E-state index contributed by atoms with van der Waals surface area (Å²) in [5, 5.41) is 0.242. The number of H-pyrrole nitrogens is 1. The van der Waals surface area contributed by atoms with E-state index in [9.17, 15) is 17.6 Å². The first-order valence-corrected chi connectivity index (χ1v) is 8.91. The zero-order valence-electron chi connectivity index (χ0n) is 12.7. The lowest BCUT2D eigenvalue weighted by Crippen LogP contribution is -2.36. The smallest absolute Gasteiger partial charge is 0.227 e. The van der Waals surface area contributed by atoms with Gasteiger partial charge in [0, 0.05) is 30.2 Å². The van der Waals surface area contributed by atoms with Crippen LogP contribution in [0.3, 0.4) is 0 Å². The van der Waals surface area contributed by atoms with Gasteiger partial charge in [-0.3, -0.25) is 4.79 Å². The molecule has 2 heterocycles. The molecule has 1 aliphatic rings. The van der Waals surface area contributed by atoms with Crippen LogP contribution in [0.2, 0.25) is 0 Å². The van der Waals surface area contributed by atoms with E-state index in [0.29, 0.717) is 18.5 Å². The Morgan fingerprint density at radius 1 is 1.48 bits per heavy atom. The van der Waals surface area contributed by atoms with E-state index in [-0.39, 0.29) is 24.7 Å². The van der Waals surface area contributed by atoms with Gasteiger partial charge in [0.05, 0.1) is 11.7 Å². The topological polar surface area (TPSA) is 82.3 Å². The van der Waals surface area contributed by atoms with E-state index in [0.717, 1.165) is 10.9 Å².